The summed E-state index contributed by atoms with van der Waals surface area (Å²) in [4.78, 5) is 28.0. The Balaban J connectivity index is 2.37. The fraction of sp³-hybridized carbons (Fsp3) is 0.167. The summed E-state index contributed by atoms with van der Waals surface area (Å²) in [6, 6.07) is 6.28. The molecule has 2 rings (SSSR count). The molecular formula is C12H10ClN3O4. The van der Waals surface area contributed by atoms with Crippen LogP contribution < -0.4 is 4.90 Å². The summed E-state index contributed by atoms with van der Waals surface area (Å²) < 4.78 is 4.72. The average molecular weight is 296 g/mol. The van der Waals surface area contributed by atoms with E-state index in [4.69, 9.17) is 21.2 Å². The minimum Gasteiger partial charge on any atom is -0.480 e. The van der Waals surface area contributed by atoms with Gasteiger partial charge in [0.15, 0.2) is 0 Å². The molecular weight excluding hydrogens is 286 g/mol. The number of rotatable bonds is 4. The molecule has 2 aromatic rings. The van der Waals surface area contributed by atoms with Crippen LogP contribution >= 0.6 is 11.6 Å². The first kappa shape index (κ1) is 14.0. The summed E-state index contributed by atoms with van der Waals surface area (Å²) in [5.41, 5.74) is 0.340. The minimum atomic E-state index is -1.17. The molecule has 0 fully saturated rings. The molecule has 0 aliphatic carbocycles. The predicted molar refractivity (Wildman–Crippen MR) is 69.8 cm³/mol. The molecule has 1 aromatic heterocycles. The highest BCUT2D eigenvalue weighted by atomic mass is 35.5. The van der Waals surface area contributed by atoms with Crippen molar-refractivity contribution in [3.05, 3.63) is 41.0 Å². The molecule has 0 aliphatic heterocycles. The Bertz CT molecular complexity index is 656. The second-order valence-electron chi connectivity index (χ2n) is 3.90. The van der Waals surface area contributed by atoms with Gasteiger partial charge in [-0.05, 0) is 18.2 Å². The molecule has 1 heterocycles. The maximum atomic E-state index is 12.2. The second-order valence-corrected chi connectivity index (χ2v) is 4.34. The Hall–Kier alpha value is -2.41. The highest BCUT2D eigenvalue weighted by Crippen LogP contribution is 2.20. The van der Waals surface area contributed by atoms with E-state index in [9.17, 15) is 9.59 Å². The summed E-state index contributed by atoms with van der Waals surface area (Å²) >= 11 is 5.85. The van der Waals surface area contributed by atoms with E-state index in [1.165, 1.54) is 13.0 Å². The maximum Gasteiger partial charge on any atom is 0.323 e. The van der Waals surface area contributed by atoms with Gasteiger partial charge in [0.05, 0.1) is 0 Å². The monoisotopic (exact) mass is 295 g/mol. The number of aliphatic carboxylic acids is 1. The molecule has 0 radical (unpaired) electrons. The zero-order chi connectivity index (χ0) is 14.7. The smallest absolute Gasteiger partial charge is 0.323 e. The van der Waals surface area contributed by atoms with Crippen LogP contribution in [0.4, 0.5) is 5.69 Å². The lowest BCUT2D eigenvalue weighted by Crippen LogP contribution is -2.36. The van der Waals surface area contributed by atoms with Crippen molar-refractivity contribution >= 4 is 29.2 Å². The van der Waals surface area contributed by atoms with Crippen molar-refractivity contribution in [1.82, 2.24) is 10.1 Å². The predicted octanol–water partition coefficient (Wildman–Crippen LogP) is 1.76. The van der Waals surface area contributed by atoms with E-state index in [2.05, 4.69) is 10.1 Å². The molecule has 0 aliphatic rings. The lowest BCUT2D eigenvalue weighted by molar-refractivity contribution is -0.135. The number of carboxylic acids is 1. The Labute approximate surface area is 118 Å². The number of hydrogen-bond donors (Lipinski definition) is 1. The van der Waals surface area contributed by atoms with Crippen LogP contribution in [0.25, 0.3) is 0 Å². The van der Waals surface area contributed by atoms with Crippen molar-refractivity contribution in [3.8, 4) is 0 Å². The van der Waals surface area contributed by atoms with Gasteiger partial charge in [0.25, 0.3) is 11.7 Å². The molecule has 0 atom stereocenters. The van der Waals surface area contributed by atoms with Crippen LogP contribution in [0.15, 0.2) is 28.8 Å². The third kappa shape index (κ3) is 3.12. The summed E-state index contributed by atoms with van der Waals surface area (Å²) in [7, 11) is 0. The van der Waals surface area contributed by atoms with E-state index in [-0.39, 0.29) is 11.7 Å². The van der Waals surface area contributed by atoms with E-state index in [0.717, 1.165) is 4.90 Å². The average Bonchev–Trinajstić information content (AvgIpc) is 2.81. The Kier molecular flexibility index (Phi) is 3.99. The van der Waals surface area contributed by atoms with Crippen molar-refractivity contribution in [2.24, 2.45) is 0 Å². The molecule has 0 unspecified atom stereocenters. The Morgan fingerprint density at radius 1 is 1.45 bits per heavy atom. The number of aryl methyl sites for hydroxylation is 1. The van der Waals surface area contributed by atoms with Gasteiger partial charge < -0.3 is 9.63 Å². The van der Waals surface area contributed by atoms with E-state index in [1.807, 2.05) is 0 Å². The van der Waals surface area contributed by atoms with Crippen LogP contribution in [-0.4, -0.2) is 33.7 Å². The standard InChI is InChI=1S/C12H10ClN3O4/c1-7-14-11(15-20-7)12(19)16(6-10(17)18)9-4-2-3-8(13)5-9/h2-5H,6H2,1H3,(H,17,18). The zero-order valence-corrected chi connectivity index (χ0v) is 11.2. The van der Waals surface area contributed by atoms with Gasteiger partial charge in [-0.2, -0.15) is 4.98 Å². The van der Waals surface area contributed by atoms with Crippen molar-refractivity contribution in [2.75, 3.05) is 11.4 Å². The van der Waals surface area contributed by atoms with Gasteiger partial charge in [0.1, 0.15) is 6.54 Å². The third-order valence-electron chi connectivity index (χ3n) is 2.38. The van der Waals surface area contributed by atoms with Crippen LogP contribution in [0.1, 0.15) is 16.5 Å². The first-order valence-corrected chi connectivity index (χ1v) is 5.94. The molecule has 20 heavy (non-hydrogen) atoms. The highest BCUT2D eigenvalue weighted by Gasteiger charge is 2.24. The molecule has 1 aromatic carbocycles. The summed E-state index contributed by atoms with van der Waals surface area (Å²) in [5.74, 6) is -1.83. The van der Waals surface area contributed by atoms with Gasteiger partial charge in [-0.3, -0.25) is 14.5 Å². The number of carbonyl (C=O) groups is 2. The van der Waals surface area contributed by atoms with E-state index in [0.29, 0.717) is 10.7 Å². The lowest BCUT2D eigenvalue weighted by atomic mass is 10.2. The number of carbonyl (C=O) groups excluding carboxylic acids is 1. The number of benzene rings is 1. The third-order valence-corrected chi connectivity index (χ3v) is 2.61. The number of hydrogen-bond acceptors (Lipinski definition) is 5. The first-order valence-electron chi connectivity index (χ1n) is 5.57. The van der Waals surface area contributed by atoms with E-state index >= 15 is 0 Å². The topological polar surface area (TPSA) is 96.5 Å². The largest absolute Gasteiger partial charge is 0.480 e. The molecule has 0 saturated carbocycles. The maximum absolute atomic E-state index is 12.2. The van der Waals surface area contributed by atoms with Crippen LogP contribution in [0.3, 0.4) is 0 Å². The Morgan fingerprint density at radius 2 is 2.20 bits per heavy atom. The number of halogens is 1. The van der Waals surface area contributed by atoms with Crippen molar-refractivity contribution in [2.45, 2.75) is 6.92 Å². The molecule has 1 amide bonds. The fourth-order valence-electron chi connectivity index (χ4n) is 1.57. The number of carboxylic acid groups (broad SMARTS) is 1. The minimum absolute atomic E-state index is 0.205. The van der Waals surface area contributed by atoms with Gasteiger partial charge in [-0.1, -0.05) is 22.8 Å². The summed E-state index contributed by atoms with van der Waals surface area (Å²) in [5, 5.41) is 12.8. The van der Waals surface area contributed by atoms with E-state index in [1.54, 1.807) is 18.2 Å². The van der Waals surface area contributed by atoms with E-state index < -0.39 is 18.4 Å². The highest BCUT2D eigenvalue weighted by molar-refractivity contribution is 6.31. The molecule has 0 saturated heterocycles. The molecule has 104 valence electrons. The lowest BCUT2D eigenvalue weighted by Gasteiger charge is -2.19. The first-order chi connectivity index (χ1) is 9.47. The number of nitrogens with zero attached hydrogens (tertiary/aromatic N) is 3. The van der Waals surface area contributed by atoms with Crippen LogP contribution in [0.5, 0.6) is 0 Å². The molecule has 0 spiro atoms. The summed E-state index contributed by atoms with van der Waals surface area (Å²) in [6.07, 6.45) is 0. The molecule has 8 heteroatoms. The Morgan fingerprint density at radius 3 is 2.75 bits per heavy atom. The van der Waals surface area contributed by atoms with Gasteiger partial charge in [-0.25, -0.2) is 0 Å². The van der Waals surface area contributed by atoms with Crippen LogP contribution in [-0.2, 0) is 4.79 Å². The number of anilines is 1. The van der Waals surface area contributed by atoms with Gasteiger partial charge in [0.2, 0.25) is 5.89 Å². The van der Waals surface area contributed by atoms with Crippen LogP contribution in [0.2, 0.25) is 5.02 Å². The zero-order valence-electron chi connectivity index (χ0n) is 10.4. The van der Waals surface area contributed by atoms with Gasteiger partial charge in [0, 0.05) is 17.6 Å². The van der Waals surface area contributed by atoms with Gasteiger partial charge >= 0.3 is 5.97 Å². The second kappa shape index (κ2) is 5.70. The van der Waals surface area contributed by atoms with Crippen molar-refractivity contribution in [1.29, 1.82) is 0 Å². The quantitative estimate of drug-likeness (QED) is 0.923. The number of amides is 1. The van der Waals surface area contributed by atoms with Crippen molar-refractivity contribution < 1.29 is 19.2 Å². The fourth-order valence-corrected chi connectivity index (χ4v) is 1.75. The van der Waals surface area contributed by atoms with Crippen LogP contribution in [0, 0.1) is 6.92 Å². The van der Waals surface area contributed by atoms with Crippen molar-refractivity contribution in [3.63, 3.8) is 0 Å². The summed E-state index contributed by atoms with van der Waals surface area (Å²) in [6.45, 7) is 0.997. The SMILES string of the molecule is Cc1nc(C(=O)N(CC(=O)O)c2cccc(Cl)c2)no1. The molecule has 1 N–H and O–H groups in total. The molecule has 0 bridgehead atoms. The normalized spacial score (nSPS) is 10.3. The molecule has 7 nitrogen and oxygen atoms in total. The number of aromatic nitrogens is 2. The van der Waals surface area contributed by atoms with Gasteiger partial charge in [-0.15, -0.1) is 0 Å².